The molecule has 0 aromatic carbocycles. The number of hydrogen-bond acceptors (Lipinski definition) is 7. The molecule has 1 aromatic heterocycles. The van der Waals surface area contributed by atoms with Crippen molar-refractivity contribution in [2.45, 2.75) is 43.8 Å². The largest absolute Gasteiger partial charge is 0.480 e. The molecule has 168 valence electrons. The number of hydrogen-bond donors (Lipinski definition) is 7. The Labute approximate surface area is 178 Å². The minimum atomic E-state index is -1.14. The van der Waals surface area contributed by atoms with Gasteiger partial charge in [0.05, 0.1) is 12.4 Å². The zero-order valence-corrected chi connectivity index (χ0v) is 17.7. The number of aromatic amines is 1. The first kappa shape index (κ1) is 25.2. The van der Waals surface area contributed by atoms with Crippen LogP contribution >= 0.6 is 11.8 Å². The molecule has 1 heterocycles. The first-order valence-corrected chi connectivity index (χ1v) is 10.7. The first-order valence-electron chi connectivity index (χ1n) is 9.35. The lowest BCUT2D eigenvalue weighted by atomic mass is 10.1. The fraction of sp³-hybridized carbons (Fsp3) is 0.588. The number of nitrogens with zero attached hydrogens (tertiary/aromatic N) is 2. The van der Waals surface area contributed by atoms with Crippen molar-refractivity contribution in [3.63, 3.8) is 0 Å². The highest BCUT2D eigenvalue weighted by Gasteiger charge is 2.28. The number of amides is 2. The van der Waals surface area contributed by atoms with E-state index in [-0.39, 0.29) is 18.8 Å². The minimum Gasteiger partial charge on any atom is -0.480 e. The maximum atomic E-state index is 12.7. The number of carboxylic acid groups (broad SMARTS) is 1. The molecule has 0 spiro atoms. The molecule has 0 saturated carbocycles. The number of rotatable bonds is 14. The SMILES string of the molecule is CSCCC(NC(=O)C(Cc1cnc[nH]1)NC(=O)C(N)CCCN=C(N)N)C(=O)O. The summed E-state index contributed by atoms with van der Waals surface area (Å²) in [6.07, 6.45) is 5.97. The van der Waals surface area contributed by atoms with Crippen molar-refractivity contribution >= 4 is 35.5 Å². The number of nitrogens with one attached hydrogen (secondary N) is 3. The Kier molecular flexibility index (Phi) is 11.3. The number of carbonyl (C=O) groups excluding carboxylic acids is 2. The predicted octanol–water partition coefficient (Wildman–Crippen LogP) is -1.86. The van der Waals surface area contributed by atoms with Crippen LogP contribution in [0.5, 0.6) is 0 Å². The molecule has 3 atom stereocenters. The van der Waals surface area contributed by atoms with E-state index in [1.54, 1.807) is 0 Å². The molecule has 2 amide bonds. The van der Waals surface area contributed by atoms with E-state index in [0.29, 0.717) is 30.8 Å². The van der Waals surface area contributed by atoms with Crippen LogP contribution in [0.1, 0.15) is 25.0 Å². The van der Waals surface area contributed by atoms with Crippen LogP contribution in [-0.2, 0) is 20.8 Å². The minimum absolute atomic E-state index is 0.0428. The van der Waals surface area contributed by atoms with Gasteiger partial charge in [0.25, 0.3) is 0 Å². The van der Waals surface area contributed by atoms with Crippen molar-refractivity contribution in [2.24, 2.45) is 22.2 Å². The van der Waals surface area contributed by atoms with Gasteiger partial charge in [-0.25, -0.2) is 9.78 Å². The monoisotopic (exact) mass is 442 g/mol. The van der Waals surface area contributed by atoms with Gasteiger partial charge in [-0.1, -0.05) is 0 Å². The number of aliphatic imine (C=N–C) groups is 1. The summed E-state index contributed by atoms with van der Waals surface area (Å²) < 4.78 is 0. The summed E-state index contributed by atoms with van der Waals surface area (Å²) in [7, 11) is 0. The van der Waals surface area contributed by atoms with Crippen LogP contribution < -0.4 is 27.8 Å². The molecule has 0 aliphatic carbocycles. The van der Waals surface area contributed by atoms with E-state index in [0.717, 1.165) is 0 Å². The van der Waals surface area contributed by atoms with Crippen molar-refractivity contribution in [2.75, 3.05) is 18.6 Å². The summed E-state index contributed by atoms with van der Waals surface area (Å²) in [6.45, 7) is 0.330. The van der Waals surface area contributed by atoms with E-state index in [1.165, 1.54) is 24.3 Å². The van der Waals surface area contributed by atoms with Gasteiger partial charge in [0, 0.05) is 24.9 Å². The van der Waals surface area contributed by atoms with Gasteiger partial charge >= 0.3 is 5.97 Å². The van der Waals surface area contributed by atoms with E-state index in [2.05, 4.69) is 25.6 Å². The average molecular weight is 443 g/mol. The molecule has 0 radical (unpaired) electrons. The van der Waals surface area contributed by atoms with Crippen molar-refractivity contribution in [1.29, 1.82) is 0 Å². The standard InChI is InChI=1S/C17H30N8O4S/c1-30-6-4-12(16(28)29)24-15(27)13(7-10-8-21-9-23-10)25-14(26)11(18)3-2-5-22-17(19)20/h8-9,11-13H,2-7,18H2,1H3,(H,21,23)(H,24,27)(H,25,26)(H,28,29)(H4,19,20,22). The van der Waals surface area contributed by atoms with E-state index in [4.69, 9.17) is 17.2 Å². The van der Waals surface area contributed by atoms with Gasteiger partial charge < -0.3 is 37.9 Å². The zero-order valence-electron chi connectivity index (χ0n) is 16.8. The maximum absolute atomic E-state index is 12.7. The predicted molar refractivity (Wildman–Crippen MR) is 115 cm³/mol. The van der Waals surface area contributed by atoms with E-state index in [1.807, 2.05) is 6.26 Å². The van der Waals surface area contributed by atoms with Gasteiger partial charge in [0.1, 0.15) is 12.1 Å². The number of aliphatic carboxylic acids is 1. The van der Waals surface area contributed by atoms with Crippen LogP contribution in [0, 0.1) is 0 Å². The van der Waals surface area contributed by atoms with E-state index in [9.17, 15) is 19.5 Å². The van der Waals surface area contributed by atoms with Gasteiger partial charge in [-0.2, -0.15) is 11.8 Å². The molecule has 0 fully saturated rings. The molecular weight excluding hydrogens is 412 g/mol. The summed E-state index contributed by atoms with van der Waals surface area (Å²) in [6, 6.07) is -2.94. The number of carbonyl (C=O) groups is 3. The number of H-pyrrole nitrogens is 1. The molecule has 12 nitrogen and oxygen atoms in total. The number of nitrogens with two attached hydrogens (primary N) is 3. The van der Waals surface area contributed by atoms with Gasteiger partial charge in [0.15, 0.2) is 5.96 Å². The quantitative estimate of drug-likeness (QED) is 0.0975. The Morgan fingerprint density at radius 3 is 2.50 bits per heavy atom. The Morgan fingerprint density at radius 1 is 1.23 bits per heavy atom. The summed E-state index contributed by atoms with van der Waals surface area (Å²) in [5.74, 6) is -1.76. The summed E-state index contributed by atoms with van der Waals surface area (Å²) >= 11 is 1.47. The van der Waals surface area contributed by atoms with Crippen LogP contribution in [0.2, 0.25) is 0 Å². The Hall–Kier alpha value is -2.80. The van der Waals surface area contributed by atoms with E-state index < -0.39 is 35.9 Å². The van der Waals surface area contributed by atoms with Gasteiger partial charge in [-0.3, -0.25) is 14.6 Å². The molecule has 0 aliphatic rings. The molecule has 10 N–H and O–H groups in total. The van der Waals surface area contributed by atoms with Crippen LogP contribution in [0.3, 0.4) is 0 Å². The van der Waals surface area contributed by atoms with Gasteiger partial charge in [-0.15, -0.1) is 0 Å². The van der Waals surface area contributed by atoms with Crippen LogP contribution in [-0.4, -0.2) is 75.5 Å². The second kappa shape index (κ2) is 13.4. The smallest absolute Gasteiger partial charge is 0.326 e. The molecule has 30 heavy (non-hydrogen) atoms. The summed E-state index contributed by atoms with van der Waals surface area (Å²) in [4.78, 5) is 47.2. The number of imidazole rings is 1. The molecule has 1 rings (SSSR count). The zero-order chi connectivity index (χ0) is 22.5. The average Bonchev–Trinajstić information content (AvgIpc) is 3.20. The van der Waals surface area contributed by atoms with Gasteiger partial charge in [0.2, 0.25) is 11.8 Å². The lowest BCUT2D eigenvalue weighted by molar-refractivity contribution is -0.142. The number of carboxylic acids is 1. The third-order valence-corrected chi connectivity index (χ3v) is 4.79. The highest BCUT2D eigenvalue weighted by atomic mass is 32.2. The summed E-state index contributed by atoms with van der Waals surface area (Å²) in [5, 5.41) is 14.4. The second-order valence-electron chi connectivity index (χ2n) is 6.58. The third-order valence-electron chi connectivity index (χ3n) is 4.14. The Morgan fingerprint density at radius 2 is 1.93 bits per heavy atom. The number of guanidine groups is 1. The lowest BCUT2D eigenvalue weighted by Gasteiger charge is -2.22. The third kappa shape index (κ3) is 9.60. The Balaban J connectivity index is 2.76. The van der Waals surface area contributed by atoms with Crippen LogP contribution in [0.25, 0.3) is 0 Å². The second-order valence-corrected chi connectivity index (χ2v) is 7.56. The molecular formula is C17H30N8O4S. The fourth-order valence-electron chi connectivity index (χ4n) is 2.52. The van der Waals surface area contributed by atoms with Crippen molar-refractivity contribution < 1.29 is 19.5 Å². The van der Waals surface area contributed by atoms with Gasteiger partial charge in [-0.05, 0) is 31.3 Å². The summed E-state index contributed by atoms with van der Waals surface area (Å²) in [5.41, 5.74) is 17.0. The first-order chi connectivity index (χ1) is 14.2. The normalized spacial score (nSPS) is 13.7. The molecule has 1 aromatic rings. The fourth-order valence-corrected chi connectivity index (χ4v) is 2.99. The lowest BCUT2D eigenvalue weighted by Crippen LogP contribution is -2.55. The molecule has 0 saturated heterocycles. The Bertz CT molecular complexity index is 709. The number of aromatic nitrogens is 2. The van der Waals surface area contributed by atoms with Crippen LogP contribution in [0.15, 0.2) is 17.5 Å². The molecule has 0 aliphatic heterocycles. The highest BCUT2D eigenvalue weighted by Crippen LogP contribution is 2.05. The van der Waals surface area contributed by atoms with E-state index >= 15 is 0 Å². The van der Waals surface area contributed by atoms with Crippen LogP contribution in [0.4, 0.5) is 0 Å². The molecule has 13 heteroatoms. The van der Waals surface area contributed by atoms with Crippen molar-refractivity contribution in [3.8, 4) is 0 Å². The maximum Gasteiger partial charge on any atom is 0.326 e. The molecule has 3 unspecified atom stereocenters. The van der Waals surface area contributed by atoms with Crippen molar-refractivity contribution in [1.82, 2.24) is 20.6 Å². The molecule has 0 bridgehead atoms. The van der Waals surface area contributed by atoms with Crippen molar-refractivity contribution in [3.05, 3.63) is 18.2 Å². The highest BCUT2D eigenvalue weighted by molar-refractivity contribution is 7.98. The topological polar surface area (TPSA) is 215 Å². The number of thioether (sulfide) groups is 1.